The van der Waals surface area contributed by atoms with Crippen molar-refractivity contribution < 1.29 is 4.74 Å². The van der Waals surface area contributed by atoms with Crippen molar-refractivity contribution in [3.8, 4) is 22.8 Å². The zero-order valence-electron chi connectivity index (χ0n) is 18.9. The minimum Gasteiger partial charge on any atom is -0.457 e. The molecule has 0 bridgehead atoms. The molecule has 1 aliphatic heterocycles. The van der Waals surface area contributed by atoms with Crippen LogP contribution in [0.2, 0.25) is 0 Å². The number of para-hydroxylation sites is 1. The number of hydrogen-bond acceptors (Lipinski definition) is 2. The van der Waals surface area contributed by atoms with Gasteiger partial charge in [0.05, 0.1) is 0 Å². The second-order valence-corrected chi connectivity index (χ2v) is 8.37. The van der Waals surface area contributed by atoms with Crippen LogP contribution in [-0.4, -0.2) is 10.8 Å². The van der Waals surface area contributed by atoms with Crippen molar-refractivity contribution in [1.82, 2.24) is 4.98 Å². The van der Waals surface area contributed by atoms with Crippen LogP contribution in [0.1, 0.15) is 43.4 Å². The largest absolute Gasteiger partial charge is 0.457 e. The molecule has 0 fully saturated rings. The van der Waals surface area contributed by atoms with Crippen molar-refractivity contribution in [1.29, 1.82) is 5.41 Å². The van der Waals surface area contributed by atoms with Crippen LogP contribution in [0.15, 0.2) is 96.0 Å². The van der Waals surface area contributed by atoms with Gasteiger partial charge in [0.15, 0.2) is 5.84 Å². The molecule has 0 unspecified atom stereocenters. The quantitative estimate of drug-likeness (QED) is 0.269. The number of nitrogens with zero attached hydrogens (tertiary/aromatic N) is 1. The fourth-order valence-corrected chi connectivity index (χ4v) is 4.86. The van der Waals surface area contributed by atoms with E-state index < -0.39 is 0 Å². The van der Waals surface area contributed by atoms with E-state index in [1.54, 1.807) is 0 Å². The van der Waals surface area contributed by atoms with Crippen molar-refractivity contribution >= 4 is 5.84 Å². The third kappa shape index (κ3) is 3.68. The van der Waals surface area contributed by atoms with Gasteiger partial charge in [0.2, 0.25) is 0 Å². The van der Waals surface area contributed by atoms with E-state index in [2.05, 4.69) is 54.2 Å². The van der Waals surface area contributed by atoms with Crippen LogP contribution in [0.3, 0.4) is 0 Å². The molecule has 0 saturated heterocycles. The molecule has 2 N–H and O–H groups in total. The third-order valence-corrected chi connectivity index (χ3v) is 6.69. The molecule has 1 aliphatic rings. The minimum absolute atomic E-state index is 0.139. The molecule has 1 aromatic heterocycles. The van der Waals surface area contributed by atoms with Crippen LogP contribution in [0.25, 0.3) is 11.3 Å². The van der Waals surface area contributed by atoms with Gasteiger partial charge < -0.3 is 9.72 Å². The second-order valence-electron chi connectivity index (χ2n) is 8.37. The molecule has 0 spiro atoms. The number of nitrogens with one attached hydrogen (secondary N) is 2. The van der Waals surface area contributed by atoms with Crippen LogP contribution in [0, 0.1) is 5.41 Å². The van der Waals surface area contributed by atoms with Crippen molar-refractivity contribution in [2.24, 2.45) is 4.99 Å². The fraction of sp³-hybridized carbons (Fsp3) is 0.172. The number of aromatic nitrogens is 1. The third-order valence-electron chi connectivity index (χ3n) is 6.69. The summed E-state index contributed by atoms with van der Waals surface area (Å²) in [5.41, 5.74) is 5.69. The van der Waals surface area contributed by atoms with Gasteiger partial charge in [-0.15, -0.1) is 0 Å². The molecule has 4 heteroatoms. The van der Waals surface area contributed by atoms with E-state index in [0.717, 1.165) is 46.7 Å². The summed E-state index contributed by atoms with van der Waals surface area (Å²) >= 11 is 0. The van der Waals surface area contributed by atoms with Gasteiger partial charge in [-0.05, 0) is 54.8 Å². The van der Waals surface area contributed by atoms with E-state index >= 15 is 0 Å². The summed E-state index contributed by atoms with van der Waals surface area (Å²) in [6, 6.07) is 30.3. The first-order valence-corrected chi connectivity index (χ1v) is 11.4. The Bertz CT molecular complexity index is 1380. The average Bonchev–Trinajstić information content (AvgIpc) is 2.88. The highest BCUT2D eigenvalue weighted by molar-refractivity contribution is 5.97. The summed E-state index contributed by atoms with van der Waals surface area (Å²) < 4.78 is 6.25. The number of ether oxygens (including phenoxy) is 1. The summed E-state index contributed by atoms with van der Waals surface area (Å²) in [6.45, 7) is 4.45. The normalized spacial score (nSPS) is 14.2. The summed E-state index contributed by atoms with van der Waals surface area (Å²) in [5.74, 6) is 2.01. The molecule has 0 aliphatic carbocycles. The van der Waals surface area contributed by atoms with Crippen LogP contribution < -0.4 is 10.2 Å². The number of fused-ring (bicyclic) bond motifs is 2. The predicted octanol–water partition coefficient (Wildman–Crippen LogP) is 6.82. The monoisotopic (exact) mass is 433 g/mol. The first-order chi connectivity index (χ1) is 16.1. The van der Waals surface area contributed by atoms with Gasteiger partial charge in [-0.3, -0.25) is 5.41 Å². The SMILES string of the molecule is CCC1(CC)c2ccccc2Oc2ccc(C(=N)/N=c3/cccc(-c4ccccc4)[nH]3)cc21. The maximum absolute atomic E-state index is 8.72. The van der Waals surface area contributed by atoms with Crippen molar-refractivity contribution in [2.75, 3.05) is 0 Å². The highest BCUT2D eigenvalue weighted by atomic mass is 16.5. The van der Waals surface area contributed by atoms with E-state index in [4.69, 9.17) is 10.1 Å². The molecule has 33 heavy (non-hydrogen) atoms. The van der Waals surface area contributed by atoms with Crippen LogP contribution in [-0.2, 0) is 5.41 Å². The minimum atomic E-state index is -0.139. The number of pyridine rings is 1. The predicted molar refractivity (Wildman–Crippen MR) is 133 cm³/mol. The maximum Gasteiger partial charge on any atom is 0.154 e. The first-order valence-electron chi connectivity index (χ1n) is 11.4. The highest BCUT2D eigenvalue weighted by Gasteiger charge is 2.39. The van der Waals surface area contributed by atoms with Crippen molar-refractivity contribution in [3.05, 3.63) is 113 Å². The molecule has 4 aromatic rings. The molecular formula is C29H27N3O. The topological polar surface area (TPSA) is 61.2 Å². The zero-order valence-corrected chi connectivity index (χ0v) is 18.9. The molecule has 2 heterocycles. The summed E-state index contributed by atoms with van der Waals surface area (Å²) in [6.07, 6.45) is 1.91. The Kier molecular flexibility index (Phi) is 5.43. The van der Waals surface area contributed by atoms with E-state index in [-0.39, 0.29) is 11.3 Å². The zero-order chi connectivity index (χ0) is 22.8. The van der Waals surface area contributed by atoms with Crippen LogP contribution in [0.4, 0.5) is 0 Å². The number of rotatable bonds is 4. The summed E-state index contributed by atoms with van der Waals surface area (Å²) in [7, 11) is 0. The Morgan fingerprint density at radius 1 is 0.818 bits per heavy atom. The average molecular weight is 434 g/mol. The standard InChI is InChI=1S/C29H27N3O/c1-3-29(4-2)22-13-8-9-15-25(22)33-26-18-17-21(19-23(26)29)28(30)32-27-16-10-14-24(31-27)20-11-6-5-7-12-20/h5-19H,3-4H2,1-2H3,(H2,30,31,32). The van der Waals surface area contributed by atoms with Gasteiger partial charge in [0, 0.05) is 27.8 Å². The number of aromatic amines is 1. The Labute approximate surface area is 194 Å². The molecule has 0 atom stereocenters. The lowest BCUT2D eigenvalue weighted by molar-refractivity contribution is 0.374. The molecule has 5 rings (SSSR count). The first kappa shape index (κ1) is 21.0. The van der Waals surface area contributed by atoms with Crippen LogP contribution in [0.5, 0.6) is 11.5 Å². The maximum atomic E-state index is 8.72. The lowest BCUT2D eigenvalue weighted by atomic mass is 9.68. The Morgan fingerprint density at radius 2 is 1.55 bits per heavy atom. The van der Waals surface area contributed by atoms with Crippen molar-refractivity contribution in [3.63, 3.8) is 0 Å². The van der Waals surface area contributed by atoms with Gasteiger partial charge in [-0.2, -0.15) is 0 Å². The number of amidine groups is 1. The highest BCUT2D eigenvalue weighted by Crippen LogP contribution is 2.51. The van der Waals surface area contributed by atoms with Gasteiger partial charge in [-0.1, -0.05) is 68.4 Å². The molecule has 4 nitrogen and oxygen atoms in total. The van der Waals surface area contributed by atoms with Gasteiger partial charge in [0.25, 0.3) is 0 Å². The smallest absolute Gasteiger partial charge is 0.154 e. The fourth-order valence-electron chi connectivity index (χ4n) is 4.86. The number of H-pyrrole nitrogens is 1. The van der Waals surface area contributed by atoms with E-state index in [9.17, 15) is 0 Å². The van der Waals surface area contributed by atoms with Crippen molar-refractivity contribution in [2.45, 2.75) is 32.1 Å². The molecule has 0 saturated carbocycles. The second kappa shape index (κ2) is 8.55. The molecular weight excluding hydrogens is 406 g/mol. The summed E-state index contributed by atoms with van der Waals surface area (Å²) in [4.78, 5) is 7.94. The Morgan fingerprint density at radius 3 is 2.33 bits per heavy atom. The van der Waals surface area contributed by atoms with Gasteiger partial charge >= 0.3 is 0 Å². The summed E-state index contributed by atoms with van der Waals surface area (Å²) in [5, 5.41) is 8.72. The van der Waals surface area contributed by atoms with E-state index in [1.807, 2.05) is 60.7 Å². The lowest BCUT2D eigenvalue weighted by Gasteiger charge is -2.39. The van der Waals surface area contributed by atoms with Gasteiger partial charge in [0.1, 0.15) is 17.0 Å². The number of hydrogen-bond donors (Lipinski definition) is 2. The lowest BCUT2D eigenvalue weighted by Crippen LogP contribution is -2.30. The van der Waals surface area contributed by atoms with Gasteiger partial charge in [-0.25, -0.2) is 4.99 Å². The molecule has 0 amide bonds. The molecule has 3 aromatic carbocycles. The van der Waals surface area contributed by atoms with E-state index in [1.165, 1.54) is 5.56 Å². The van der Waals surface area contributed by atoms with Crippen LogP contribution >= 0.6 is 0 Å². The number of benzene rings is 3. The Hall–Kier alpha value is -3.92. The van der Waals surface area contributed by atoms with E-state index in [0.29, 0.717) is 5.49 Å². The molecule has 0 radical (unpaired) electrons. The molecule has 164 valence electrons. The Balaban J connectivity index is 1.55.